The second kappa shape index (κ2) is 4.40. The summed E-state index contributed by atoms with van der Waals surface area (Å²) in [4.78, 5) is 0. The van der Waals surface area contributed by atoms with Gasteiger partial charge in [0.15, 0.2) is 0 Å². The van der Waals surface area contributed by atoms with Crippen molar-refractivity contribution in [1.29, 1.82) is 0 Å². The first-order chi connectivity index (χ1) is 7.88. The van der Waals surface area contributed by atoms with E-state index in [9.17, 15) is 5.11 Å². The Bertz CT molecular complexity index is 548. The molecule has 0 aliphatic carbocycles. The molecule has 2 aromatic rings. The Morgan fingerprint density at radius 3 is 2.65 bits per heavy atom. The zero-order valence-corrected chi connectivity index (χ0v) is 11.7. The van der Waals surface area contributed by atoms with Crippen LogP contribution in [0.25, 0.3) is 5.69 Å². The molecule has 17 heavy (non-hydrogen) atoms. The van der Waals surface area contributed by atoms with E-state index in [0.29, 0.717) is 10.7 Å². The molecular formula is C11H11BrClN3O. The summed E-state index contributed by atoms with van der Waals surface area (Å²) >= 11 is 9.26. The number of rotatable bonds is 2. The van der Waals surface area contributed by atoms with E-state index in [1.807, 2.05) is 12.1 Å². The summed E-state index contributed by atoms with van der Waals surface area (Å²) in [6.45, 7) is 3.33. The molecule has 4 nitrogen and oxygen atoms in total. The van der Waals surface area contributed by atoms with Crippen LogP contribution in [0.2, 0.25) is 5.02 Å². The lowest BCUT2D eigenvalue weighted by Crippen LogP contribution is -2.15. The molecule has 0 unspecified atom stereocenters. The van der Waals surface area contributed by atoms with Crippen molar-refractivity contribution in [1.82, 2.24) is 15.0 Å². The second-order valence-corrected chi connectivity index (χ2v) is 5.47. The molecule has 0 aliphatic rings. The Hall–Kier alpha value is -0.910. The van der Waals surface area contributed by atoms with Gasteiger partial charge < -0.3 is 5.11 Å². The Labute approximate surface area is 112 Å². The smallest absolute Gasteiger partial charge is 0.114 e. The van der Waals surface area contributed by atoms with Gasteiger partial charge in [0.1, 0.15) is 11.3 Å². The molecule has 0 spiro atoms. The minimum absolute atomic E-state index is 0.517. The normalized spacial score (nSPS) is 11.8. The number of nitrogens with zero attached hydrogens (tertiary/aromatic N) is 3. The molecule has 1 aromatic heterocycles. The molecule has 0 fully saturated rings. The van der Waals surface area contributed by atoms with Crippen LogP contribution in [-0.2, 0) is 5.60 Å². The number of aromatic nitrogens is 3. The number of benzene rings is 1. The maximum atomic E-state index is 9.80. The largest absolute Gasteiger partial charge is 0.384 e. The first-order valence-corrected chi connectivity index (χ1v) is 6.15. The first kappa shape index (κ1) is 12.5. The molecule has 6 heteroatoms. The molecule has 0 aliphatic heterocycles. The third-order valence-corrected chi connectivity index (χ3v) is 3.50. The van der Waals surface area contributed by atoms with Crippen LogP contribution in [-0.4, -0.2) is 20.1 Å². The monoisotopic (exact) mass is 315 g/mol. The molecule has 1 aromatic carbocycles. The standard InChI is InChI=1S/C11H11BrClN3O/c1-11(2,17)10-6-16(15-14-10)7-3-4-9(13)8(12)5-7/h3-6,17H,1-2H3. The first-order valence-electron chi connectivity index (χ1n) is 4.98. The van der Waals surface area contributed by atoms with Crippen molar-refractivity contribution in [2.24, 2.45) is 0 Å². The summed E-state index contributed by atoms with van der Waals surface area (Å²) < 4.78 is 2.38. The van der Waals surface area contributed by atoms with Gasteiger partial charge in [-0.15, -0.1) is 5.10 Å². The van der Waals surface area contributed by atoms with Gasteiger partial charge in [-0.1, -0.05) is 16.8 Å². The van der Waals surface area contributed by atoms with Gasteiger partial charge in [0.25, 0.3) is 0 Å². The minimum Gasteiger partial charge on any atom is -0.384 e. The molecule has 0 radical (unpaired) electrons. The van der Waals surface area contributed by atoms with Crippen molar-refractivity contribution in [3.8, 4) is 5.69 Å². The predicted molar refractivity (Wildman–Crippen MR) is 69.3 cm³/mol. The van der Waals surface area contributed by atoms with E-state index in [-0.39, 0.29) is 0 Å². The third-order valence-electron chi connectivity index (χ3n) is 2.29. The molecule has 0 bridgehead atoms. The maximum absolute atomic E-state index is 9.80. The van der Waals surface area contributed by atoms with Crippen LogP contribution in [0.4, 0.5) is 0 Å². The molecule has 0 amide bonds. The van der Waals surface area contributed by atoms with Crippen LogP contribution < -0.4 is 0 Å². The molecule has 2 rings (SSSR count). The minimum atomic E-state index is -0.998. The lowest BCUT2D eigenvalue weighted by molar-refractivity contribution is 0.0737. The van der Waals surface area contributed by atoms with Crippen LogP contribution >= 0.6 is 27.5 Å². The van der Waals surface area contributed by atoms with E-state index in [0.717, 1.165) is 10.2 Å². The quantitative estimate of drug-likeness (QED) is 0.927. The third kappa shape index (κ3) is 2.68. The maximum Gasteiger partial charge on any atom is 0.114 e. The molecule has 0 saturated heterocycles. The SMILES string of the molecule is CC(C)(O)c1cn(-c2ccc(Cl)c(Br)c2)nn1. The van der Waals surface area contributed by atoms with Crippen LogP contribution in [0.15, 0.2) is 28.9 Å². The Kier molecular flexibility index (Phi) is 3.25. The van der Waals surface area contributed by atoms with E-state index < -0.39 is 5.60 Å². The summed E-state index contributed by atoms with van der Waals surface area (Å²) in [6, 6.07) is 5.44. The number of hydrogen-bond acceptors (Lipinski definition) is 3. The van der Waals surface area contributed by atoms with Gasteiger partial charge in [-0.2, -0.15) is 0 Å². The second-order valence-electron chi connectivity index (χ2n) is 4.21. The van der Waals surface area contributed by atoms with Gasteiger partial charge in [-0.25, -0.2) is 4.68 Å². The van der Waals surface area contributed by atoms with Crippen molar-refractivity contribution >= 4 is 27.5 Å². The highest BCUT2D eigenvalue weighted by Gasteiger charge is 2.20. The topological polar surface area (TPSA) is 50.9 Å². The van der Waals surface area contributed by atoms with E-state index in [4.69, 9.17) is 11.6 Å². The van der Waals surface area contributed by atoms with Crippen molar-refractivity contribution in [2.45, 2.75) is 19.4 Å². The van der Waals surface area contributed by atoms with Crippen LogP contribution in [0.3, 0.4) is 0 Å². The van der Waals surface area contributed by atoms with Gasteiger partial charge in [0.05, 0.1) is 16.9 Å². The molecule has 90 valence electrons. The average Bonchev–Trinajstić information content (AvgIpc) is 2.70. The van der Waals surface area contributed by atoms with Crippen molar-refractivity contribution in [3.05, 3.63) is 39.6 Å². The highest BCUT2D eigenvalue weighted by Crippen LogP contribution is 2.25. The average molecular weight is 317 g/mol. The van der Waals surface area contributed by atoms with E-state index in [2.05, 4.69) is 26.2 Å². The lowest BCUT2D eigenvalue weighted by atomic mass is 10.1. The Morgan fingerprint density at radius 1 is 1.41 bits per heavy atom. The van der Waals surface area contributed by atoms with Gasteiger partial charge in [0.2, 0.25) is 0 Å². The number of aliphatic hydroxyl groups is 1. The molecule has 1 heterocycles. The van der Waals surface area contributed by atoms with Gasteiger partial charge in [-0.05, 0) is 48.0 Å². The highest BCUT2D eigenvalue weighted by atomic mass is 79.9. The van der Waals surface area contributed by atoms with Crippen LogP contribution in [0.1, 0.15) is 19.5 Å². The van der Waals surface area contributed by atoms with E-state index in [1.165, 1.54) is 0 Å². The van der Waals surface area contributed by atoms with Crippen LogP contribution in [0.5, 0.6) is 0 Å². The summed E-state index contributed by atoms with van der Waals surface area (Å²) in [7, 11) is 0. The summed E-state index contributed by atoms with van der Waals surface area (Å²) in [5.74, 6) is 0. The fraction of sp³-hybridized carbons (Fsp3) is 0.273. The highest BCUT2D eigenvalue weighted by molar-refractivity contribution is 9.10. The molecule has 0 atom stereocenters. The summed E-state index contributed by atoms with van der Waals surface area (Å²) in [5, 5.41) is 18.3. The van der Waals surface area contributed by atoms with E-state index >= 15 is 0 Å². The van der Waals surface area contributed by atoms with Crippen molar-refractivity contribution in [3.63, 3.8) is 0 Å². The van der Waals surface area contributed by atoms with Crippen LogP contribution in [0, 0.1) is 0 Å². The molecule has 1 N–H and O–H groups in total. The zero-order valence-electron chi connectivity index (χ0n) is 9.35. The van der Waals surface area contributed by atoms with E-state index in [1.54, 1.807) is 30.8 Å². The zero-order chi connectivity index (χ0) is 12.6. The van der Waals surface area contributed by atoms with Crippen molar-refractivity contribution in [2.75, 3.05) is 0 Å². The van der Waals surface area contributed by atoms with Gasteiger partial charge in [0, 0.05) is 4.47 Å². The fourth-order valence-corrected chi connectivity index (χ4v) is 1.78. The van der Waals surface area contributed by atoms with Gasteiger partial charge in [-0.3, -0.25) is 0 Å². The lowest BCUT2D eigenvalue weighted by Gasteiger charge is -2.11. The number of hydrogen-bond donors (Lipinski definition) is 1. The molecular weight excluding hydrogens is 305 g/mol. The Morgan fingerprint density at radius 2 is 2.12 bits per heavy atom. The summed E-state index contributed by atoms with van der Waals surface area (Å²) in [5.41, 5.74) is 0.342. The Balaban J connectivity index is 2.40. The fourth-order valence-electron chi connectivity index (χ4n) is 1.30. The van der Waals surface area contributed by atoms with Gasteiger partial charge >= 0.3 is 0 Å². The molecule has 0 saturated carbocycles. The number of halogens is 2. The summed E-state index contributed by atoms with van der Waals surface area (Å²) in [6.07, 6.45) is 1.69. The van der Waals surface area contributed by atoms with Crippen molar-refractivity contribution < 1.29 is 5.11 Å². The predicted octanol–water partition coefficient (Wildman–Crippen LogP) is 2.91.